The van der Waals surface area contributed by atoms with Crippen molar-refractivity contribution >= 4 is 17.6 Å². The second-order valence-electron chi connectivity index (χ2n) is 6.00. The van der Waals surface area contributed by atoms with E-state index in [1.54, 1.807) is 12.1 Å². The minimum absolute atomic E-state index is 0.0910. The fourth-order valence-electron chi connectivity index (χ4n) is 3.91. The molecule has 110 valence electrons. The van der Waals surface area contributed by atoms with Crippen LogP contribution in [0.2, 0.25) is 0 Å². The molecule has 0 unspecified atom stereocenters. The van der Waals surface area contributed by atoms with E-state index < -0.39 is 17.9 Å². The first-order valence-corrected chi connectivity index (χ1v) is 7.25. The fourth-order valence-corrected chi connectivity index (χ4v) is 3.91. The molecule has 2 saturated heterocycles. The van der Waals surface area contributed by atoms with Crippen molar-refractivity contribution in [2.75, 3.05) is 7.05 Å². The standard InChI is InChI=1S/C17H14N2O3/c1-18-16(21)13-11-7-8-12(20)15(14(13)17(18)22)19(11)9-10-5-3-2-4-6-10/h3,5-8,11,13-15H,9H2,1H3/t11-,13+,14+,15+/m0/s1. The summed E-state index contributed by atoms with van der Waals surface area (Å²) < 4.78 is 0. The topological polar surface area (TPSA) is 57.7 Å². The van der Waals surface area contributed by atoms with Crippen molar-refractivity contribution in [3.8, 4) is 0 Å². The quantitative estimate of drug-likeness (QED) is 0.732. The molecule has 22 heavy (non-hydrogen) atoms. The van der Waals surface area contributed by atoms with Gasteiger partial charge in [-0.3, -0.25) is 24.2 Å². The maximum atomic E-state index is 12.4. The minimum Gasteiger partial charge on any atom is -0.293 e. The van der Waals surface area contributed by atoms with Crippen molar-refractivity contribution in [1.82, 2.24) is 9.80 Å². The largest absolute Gasteiger partial charge is 0.293 e. The van der Waals surface area contributed by atoms with E-state index in [2.05, 4.69) is 12.1 Å². The number of ketones is 1. The third kappa shape index (κ3) is 1.62. The summed E-state index contributed by atoms with van der Waals surface area (Å²) in [4.78, 5) is 40.2. The lowest BCUT2D eigenvalue weighted by atomic mass is 9.90. The lowest BCUT2D eigenvalue weighted by Crippen LogP contribution is -2.48. The van der Waals surface area contributed by atoms with Gasteiger partial charge in [-0.15, -0.1) is 0 Å². The lowest BCUT2D eigenvalue weighted by Gasteiger charge is -2.32. The highest BCUT2D eigenvalue weighted by atomic mass is 16.2. The van der Waals surface area contributed by atoms with Gasteiger partial charge in [-0.05, 0) is 29.8 Å². The Hall–Kier alpha value is -2.45. The number of amides is 2. The summed E-state index contributed by atoms with van der Waals surface area (Å²) in [6.45, 7) is 0.522. The third-order valence-electron chi connectivity index (χ3n) is 4.90. The number of carbonyl (C=O) groups is 3. The number of fused-ring (bicyclic) bond motifs is 5. The molecule has 0 N–H and O–H groups in total. The van der Waals surface area contributed by atoms with Crippen LogP contribution in [-0.4, -0.2) is 46.5 Å². The Balaban J connectivity index is 1.73. The monoisotopic (exact) mass is 294 g/mol. The van der Waals surface area contributed by atoms with E-state index in [0.717, 1.165) is 5.56 Å². The zero-order valence-corrected chi connectivity index (χ0v) is 12.0. The van der Waals surface area contributed by atoms with Gasteiger partial charge >= 0.3 is 0 Å². The van der Waals surface area contributed by atoms with Crippen molar-refractivity contribution in [2.24, 2.45) is 11.8 Å². The van der Waals surface area contributed by atoms with E-state index in [1.165, 1.54) is 18.0 Å². The molecule has 3 aliphatic heterocycles. The highest BCUT2D eigenvalue weighted by molar-refractivity contribution is 6.11. The molecule has 4 rings (SSSR count). The van der Waals surface area contributed by atoms with Crippen LogP contribution in [0.25, 0.3) is 0 Å². The zero-order chi connectivity index (χ0) is 15.4. The Morgan fingerprint density at radius 3 is 2.64 bits per heavy atom. The molecule has 0 radical (unpaired) electrons. The summed E-state index contributed by atoms with van der Waals surface area (Å²) in [5.74, 6) is -1.50. The molecule has 3 heterocycles. The number of rotatable bonds is 2. The van der Waals surface area contributed by atoms with E-state index >= 15 is 0 Å². The van der Waals surface area contributed by atoms with Gasteiger partial charge in [-0.25, -0.2) is 0 Å². The molecule has 1 aromatic carbocycles. The molecule has 5 nitrogen and oxygen atoms in total. The zero-order valence-electron chi connectivity index (χ0n) is 12.0. The number of likely N-dealkylation sites (tertiary alicyclic amines) is 1. The number of nitrogens with zero attached hydrogens (tertiary/aromatic N) is 2. The first-order chi connectivity index (χ1) is 10.6. The van der Waals surface area contributed by atoms with Crippen LogP contribution < -0.4 is 0 Å². The van der Waals surface area contributed by atoms with Gasteiger partial charge in [0.05, 0.1) is 17.9 Å². The molecule has 0 spiro atoms. The van der Waals surface area contributed by atoms with Gasteiger partial charge in [0.25, 0.3) is 0 Å². The van der Waals surface area contributed by atoms with Crippen molar-refractivity contribution in [1.29, 1.82) is 0 Å². The molecule has 3 aliphatic rings. The maximum Gasteiger partial charge on any atom is 0.234 e. The predicted octanol–water partition coefficient (Wildman–Crippen LogP) is 0.210. The summed E-state index contributed by atoms with van der Waals surface area (Å²) >= 11 is 0. The van der Waals surface area contributed by atoms with Crippen LogP contribution in [0.5, 0.6) is 0 Å². The minimum atomic E-state index is -0.552. The highest BCUT2D eigenvalue weighted by Gasteiger charge is 2.63. The molecule has 2 bridgehead atoms. The average Bonchev–Trinajstić information content (AvgIpc) is 2.88. The number of carbonyl (C=O) groups excluding carboxylic acids is 3. The van der Waals surface area contributed by atoms with E-state index in [-0.39, 0.29) is 23.6 Å². The van der Waals surface area contributed by atoms with Crippen LogP contribution in [0, 0.1) is 24.0 Å². The Kier molecular flexibility index (Phi) is 2.72. The molecule has 0 saturated carbocycles. The second-order valence-corrected chi connectivity index (χ2v) is 6.00. The van der Waals surface area contributed by atoms with Gasteiger partial charge in [0.15, 0.2) is 5.78 Å². The van der Waals surface area contributed by atoms with E-state index in [0.29, 0.717) is 6.54 Å². The molecule has 1 aromatic rings. The van der Waals surface area contributed by atoms with Crippen molar-refractivity contribution in [3.63, 3.8) is 0 Å². The second kappa shape index (κ2) is 4.52. The van der Waals surface area contributed by atoms with Gasteiger partial charge in [-0.1, -0.05) is 18.2 Å². The average molecular weight is 294 g/mol. The predicted molar refractivity (Wildman–Crippen MR) is 76.1 cm³/mol. The van der Waals surface area contributed by atoms with Crippen LogP contribution in [0.3, 0.4) is 0 Å². The van der Waals surface area contributed by atoms with Crippen molar-refractivity contribution in [3.05, 3.63) is 48.0 Å². The van der Waals surface area contributed by atoms with Crippen LogP contribution >= 0.6 is 0 Å². The number of hydrogen-bond donors (Lipinski definition) is 0. The van der Waals surface area contributed by atoms with E-state index in [9.17, 15) is 14.4 Å². The molecule has 2 amide bonds. The van der Waals surface area contributed by atoms with Crippen LogP contribution in [-0.2, 0) is 20.9 Å². The van der Waals surface area contributed by atoms with Gasteiger partial charge in [0.2, 0.25) is 11.8 Å². The molecule has 5 heteroatoms. The fraction of sp³-hybridized carbons (Fsp3) is 0.353. The van der Waals surface area contributed by atoms with Gasteiger partial charge in [0, 0.05) is 19.6 Å². The van der Waals surface area contributed by atoms with Gasteiger partial charge in [0.1, 0.15) is 0 Å². The first kappa shape index (κ1) is 13.2. The Bertz CT molecular complexity index is 697. The number of imide groups is 1. The Morgan fingerprint density at radius 2 is 1.91 bits per heavy atom. The summed E-state index contributed by atoms with van der Waals surface area (Å²) in [5, 5.41) is 0. The summed E-state index contributed by atoms with van der Waals surface area (Å²) in [6.07, 6.45) is 3.29. The highest BCUT2D eigenvalue weighted by Crippen LogP contribution is 2.45. The van der Waals surface area contributed by atoms with Crippen molar-refractivity contribution < 1.29 is 14.4 Å². The van der Waals surface area contributed by atoms with Gasteiger partial charge in [-0.2, -0.15) is 0 Å². The molecular formula is C17H14N2O3. The smallest absolute Gasteiger partial charge is 0.234 e. The van der Waals surface area contributed by atoms with Crippen molar-refractivity contribution in [2.45, 2.75) is 18.6 Å². The first-order valence-electron chi connectivity index (χ1n) is 7.25. The molecular weight excluding hydrogens is 280 g/mol. The molecule has 0 aromatic heterocycles. The van der Waals surface area contributed by atoms with E-state index in [4.69, 9.17) is 0 Å². The summed E-state index contributed by atoms with van der Waals surface area (Å²) in [6, 6.07) is 10.5. The Labute approximate surface area is 128 Å². The Morgan fingerprint density at radius 1 is 1.14 bits per heavy atom. The van der Waals surface area contributed by atoms with E-state index in [1.807, 2.05) is 17.0 Å². The van der Waals surface area contributed by atoms with Gasteiger partial charge < -0.3 is 0 Å². The SMILES string of the molecule is CN1C(=O)[C@@H]2[C@H](C1=O)[C@@H]1C=CC(=O)[C@H]2N1Cc1cc#ccc1. The molecule has 2 fully saturated rings. The summed E-state index contributed by atoms with van der Waals surface area (Å²) in [7, 11) is 1.50. The normalized spacial score (nSPS) is 33.3. The van der Waals surface area contributed by atoms with Crippen LogP contribution in [0.1, 0.15) is 5.56 Å². The van der Waals surface area contributed by atoms with Crippen LogP contribution in [0.15, 0.2) is 30.4 Å². The maximum absolute atomic E-state index is 12.4. The van der Waals surface area contributed by atoms with Crippen LogP contribution in [0.4, 0.5) is 0 Å². The third-order valence-corrected chi connectivity index (χ3v) is 4.90. The lowest BCUT2D eigenvalue weighted by molar-refractivity contribution is -0.141. The summed E-state index contributed by atoms with van der Waals surface area (Å²) in [5.41, 5.74) is 0.991. The molecule has 4 atom stereocenters. The molecule has 0 aliphatic carbocycles. The number of hydrogen-bond acceptors (Lipinski definition) is 4.